The van der Waals surface area contributed by atoms with Crippen molar-refractivity contribution in [1.29, 1.82) is 0 Å². The van der Waals surface area contributed by atoms with Crippen molar-refractivity contribution in [3.8, 4) is 0 Å². The van der Waals surface area contributed by atoms with E-state index < -0.39 is 0 Å². The third kappa shape index (κ3) is 5.33. The van der Waals surface area contributed by atoms with Gasteiger partial charge in [0.15, 0.2) is 0 Å². The predicted octanol–water partition coefficient (Wildman–Crippen LogP) is -0.112. The average Bonchev–Trinajstić information content (AvgIpc) is 2.36. The number of hydrogen-bond donors (Lipinski definition) is 2. The van der Waals surface area contributed by atoms with Gasteiger partial charge in [0.05, 0.1) is 6.54 Å². The fourth-order valence-corrected chi connectivity index (χ4v) is 2.48. The minimum absolute atomic E-state index is 0.174. The van der Waals surface area contributed by atoms with Crippen LogP contribution in [0.4, 0.5) is 0 Å². The molecule has 1 aliphatic heterocycles. The quantitative estimate of drug-likeness (QED) is 0.667. The van der Waals surface area contributed by atoms with Crippen molar-refractivity contribution in [3.05, 3.63) is 0 Å². The lowest BCUT2D eigenvalue weighted by atomic mass is 9.95. The topological polar surface area (TPSA) is 69.8 Å². The van der Waals surface area contributed by atoms with E-state index in [1.807, 2.05) is 7.05 Å². The second-order valence-electron chi connectivity index (χ2n) is 5.21. The molecule has 106 valence electrons. The zero-order valence-corrected chi connectivity index (χ0v) is 11.5. The highest BCUT2D eigenvalue weighted by atomic mass is 16.3. The van der Waals surface area contributed by atoms with Gasteiger partial charge in [-0.1, -0.05) is 0 Å². The Kier molecular flexibility index (Phi) is 7.23. The van der Waals surface area contributed by atoms with Crippen molar-refractivity contribution in [3.63, 3.8) is 0 Å². The molecule has 0 aromatic carbocycles. The number of carbonyl (C=O) groups is 1. The summed E-state index contributed by atoms with van der Waals surface area (Å²) in [4.78, 5) is 16.0. The van der Waals surface area contributed by atoms with Crippen LogP contribution in [0.25, 0.3) is 0 Å². The fraction of sp³-hybridized carbons (Fsp3) is 0.923. The van der Waals surface area contributed by atoms with Crippen molar-refractivity contribution >= 4 is 5.91 Å². The van der Waals surface area contributed by atoms with E-state index >= 15 is 0 Å². The van der Waals surface area contributed by atoms with Gasteiger partial charge in [-0.3, -0.25) is 9.69 Å². The monoisotopic (exact) mass is 257 g/mol. The van der Waals surface area contributed by atoms with Crippen molar-refractivity contribution in [1.82, 2.24) is 9.80 Å². The number of hydrogen-bond acceptors (Lipinski definition) is 4. The van der Waals surface area contributed by atoms with Gasteiger partial charge in [-0.25, -0.2) is 0 Å². The molecule has 1 fully saturated rings. The summed E-state index contributed by atoms with van der Waals surface area (Å²) in [6.45, 7) is 4.06. The molecule has 5 heteroatoms. The first-order valence-electron chi connectivity index (χ1n) is 6.94. The van der Waals surface area contributed by atoms with E-state index in [9.17, 15) is 4.79 Å². The van der Waals surface area contributed by atoms with Gasteiger partial charge in [-0.15, -0.1) is 0 Å². The molecular formula is C13H27N3O2. The number of amides is 1. The van der Waals surface area contributed by atoms with E-state index in [1.165, 1.54) is 6.42 Å². The van der Waals surface area contributed by atoms with E-state index in [2.05, 4.69) is 4.90 Å². The normalized spacial score (nSPS) is 20.9. The Morgan fingerprint density at radius 2 is 2.33 bits per heavy atom. The summed E-state index contributed by atoms with van der Waals surface area (Å²) in [6, 6.07) is 0. The predicted molar refractivity (Wildman–Crippen MR) is 72.2 cm³/mol. The van der Waals surface area contributed by atoms with Crippen LogP contribution in [-0.2, 0) is 4.79 Å². The molecule has 0 aromatic rings. The number of rotatable bonds is 7. The van der Waals surface area contributed by atoms with Crippen molar-refractivity contribution in [2.75, 3.05) is 46.4 Å². The summed E-state index contributed by atoms with van der Waals surface area (Å²) in [7, 11) is 1.84. The molecular weight excluding hydrogens is 230 g/mol. The molecule has 1 atom stereocenters. The number of carbonyl (C=O) groups excluding carboxylic acids is 1. The Balaban J connectivity index is 2.30. The van der Waals surface area contributed by atoms with Gasteiger partial charge >= 0.3 is 0 Å². The second kappa shape index (κ2) is 8.45. The molecule has 1 amide bonds. The van der Waals surface area contributed by atoms with Gasteiger partial charge in [0.1, 0.15) is 0 Å². The number of piperidine rings is 1. The van der Waals surface area contributed by atoms with Crippen LogP contribution in [0.1, 0.15) is 25.7 Å². The zero-order chi connectivity index (χ0) is 13.4. The van der Waals surface area contributed by atoms with E-state index in [-0.39, 0.29) is 12.5 Å². The summed E-state index contributed by atoms with van der Waals surface area (Å²) < 4.78 is 0. The molecule has 0 spiro atoms. The third-order valence-electron chi connectivity index (χ3n) is 3.62. The Hall–Kier alpha value is -0.650. The van der Waals surface area contributed by atoms with Gasteiger partial charge < -0.3 is 15.7 Å². The zero-order valence-electron chi connectivity index (χ0n) is 11.5. The van der Waals surface area contributed by atoms with E-state index in [0.29, 0.717) is 19.0 Å². The average molecular weight is 257 g/mol. The molecule has 0 bridgehead atoms. The molecule has 5 nitrogen and oxygen atoms in total. The van der Waals surface area contributed by atoms with Gasteiger partial charge in [0, 0.05) is 26.7 Å². The van der Waals surface area contributed by atoms with Gasteiger partial charge in [0.2, 0.25) is 5.91 Å². The highest BCUT2D eigenvalue weighted by Crippen LogP contribution is 2.18. The third-order valence-corrected chi connectivity index (χ3v) is 3.62. The number of likely N-dealkylation sites (tertiary alicyclic amines) is 1. The molecule has 0 saturated carbocycles. The van der Waals surface area contributed by atoms with E-state index in [0.717, 1.165) is 38.9 Å². The highest BCUT2D eigenvalue weighted by Gasteiger charge is 2.22. The lowest BCUT2D eigenvalue weighted by molar-refractivity contribution is -0.131. The van der Waals surface area contributed by atoms with Crippen molar-refractivity contribution in [2.24, 2.45) is 11.7 Å². The van der Waals surface area contributed by atoms with Crippen LogP contribution in [0.15, 0.2) is 0 Å². The molecule has 0 aromatic heterocycles. The first-order chi connectivity index (χ1) is 8.67. The molecule has 0 aliphatic carbocycles. The van der Waals surface area contributed by atoms with Gasteiger partial charge in [-0.2, -0.15) is 0 Å². The van der Waals surface area contributed by atoms with Crippen LogP contribution in [-0.4, -0.2) is 67.2 Å². The first kappa shape index (κ1) is 15.4. The summed E-state index contributed by atoms with van der Waals surface area (Å²) in [6.07, 6.45) is 4.02. The van der Waals surface area contributed by atoms with E-state index in [1.54, 1.807) is 4.90 Å². The maximum absolute atomic E-state index is 12.0. The standard InChI is InChI=1S/C13H27N3O2/c1-15(7-3-6-14)13(18)11-16-8-2-4-12(10-16)5-9-17/h12,17H,2-11,14H2,1H3. The first-order valence-corrected chi connectivity index (χ1v) is 6.94. The summed E-state index contributed by atoms with van der Waals surface area (Å²) in [5, 5.41) is 8.97. The van der Waals surface area contributed by atoms with Gasteiger partial charge in [0.25, 0.3) is 0 Å². The Labute approximate surface area is 110 Å². The van der Waals surface area contributed by atoms with Crippen LogP contribution in [0.2, 0.25) is 0 Å². The Morgan fingerprint density at radius 1 is 1.56 bits per heavy atom. The smallest absolute Gasteiger partial charge is 0.236 e. The number of likely N-dealkylation sites (N-methyl/N-ethyl adjacent to an activating group) is 1. The van der Waals surface area contributed by atoms with Crippen molar-refractivity contribution in [2.45, 2.75) is 25.7 Å². The fourth-order valence-electron chi connectivity index (χ4n) is 2.48. The molecule has 18 heavy (non-hydrogen) atoms. The minimum atomic E-state index is 0.174. The Bertz CT molecular complexity index is 246. The van der Waals surface area contributed by atoms with Crippen LogP contribution < -0.4 is 5.73 Å². The lowest BCUT2D eigenvalue weighted by Crippen LogP contribution is -2.43. The lowest BCUT2D eigenvalue weighted by Gasteiger charge is -2.33. The molecule has 1 aliphatic rings. The van der Waals surface area contributed by atoms with Crippen LogP contribution in [0, 0.1) is 5.92 Å². The molecule has 1 rings (SSSR count). The number of nitrogens with zero attached hydrogens (tertiary/aromatic N) is 2. The molecule has 3 N–H and O–H groups in total. The summed E-state index contributed by atoms with van der Waals surface area (Å²) in [5.41, 5.74) is 5.44. The Morgan fingerprint density at radius 3 is 3.00 bits per heavy atom. The number of aliphatic hydroxyl groups excluding tert-OH is 1. The summed E-state index contributed by atoms with van der Waals surface area (Å²) >= 11 is 0. The molecule has 1 unspecified atom stereocenters. The maximum atomic E-state index is 12.0. The molecule has 1 heterocycles. The largest absolute Gasteiger partial charge is 0.396 e. The minimum Gasteiger partial charge on any atom is -0.396 e. The van der Waals surface area contributed by atoms with Crippen LogP contribution in [0.5, 0.6) is 0 Å². The maximum Gasteiger partial charge on any atom is 0.236 e. The SMILES string of the molecule is CN(CCCN)C(=O)CN1CCCC(CCO)C1. The molecule has 1 saturated heterocycles. The molecule has 0 radical (unpaired) electrons. The van der Waals surface area contributed by atoms with Crippen molar-refractivity contribution < 1.29 is 9.90 Å². The highest BCUT2D eigenvalue weighted by molar-refractivity contribution is 5.77. The van der Waals surface area contributed by atoms with Crippen LogP contribution in [0.3, 0.4) is 0 Å². The number of nitrogens with two attached hydrogens (primary N) is 1. The second-order valence-corrected chi connectivity index (χ2v) is 5.21. The number of aliphatic hydroxyl groups is 1. The van der Waals surface area contributed by atoms with Crippen LogP contribution >= 0.6 is 0 Å². The van der Waals surface area contributed by atoms with E-state index in [4.69, 9.17) is 10.8 Å². The van der Waals surface area contributed by atoms with Gasteiger partial charge in [-0.05, 0) is 44.7 Å². The summed E-state index contributed by atoms with van der Waals surface area (Å²) in [5.74, 6) is 0.721.